The molecule has 1 aromatic heterocycles. The lowest BCUT2D eigenvalue weighted by molar-refractivity contribution is 1.15. The van der Waals surface area contributed by atoms with Crippen molar-refractivity contribution in [1.82, 2.24) is 9.97 Å². The molecular weight excluding hydrogens is 242 g/mol. The summed E-state index contributed by atoms with van der Waals surface area (Å²) in [6.45, 7) is 1.93. The summed E-state index contributed by atoms with van der Waals surface area (Å²) in [6, 6.07) is 9.05. The van der Waals surface area contributed by atoms with E-state index in [1.165, 1.54) is 0 Å². The quantitative estimate of drug-likeness (QED) is 0.480. The molecule has 0 bridgehead atoms. The molecule has 1 aromatic carbocycles. The van der Waals surface area contributed by atoms with Gasteiger partial charge in [0.05, 0.1) is 11.6 Å². The van der Waals surface area contributed by atoms with Gasteiger partial charge in [-0.25, -0.2) is 5.84 Å². The average Bonchev–Trinajstić information content (AvgIpc) is 2.40. The second-order valence-electron chi connectivity index (χ2n) is 3.91. The van der Waals surface area contributed by atoms with Crippen LogP contribution in [0.25, 0.3) is 0 Å². The van der Waals surface area contributed by atoms with Crippen LogP contribution in [0.4, 0.5) is 23.3 Å². The molecule has 2 rings (SSSR count). The highest BCUT2D eigenvalue weighted by molar-refractivity contribution is 5.65. The van der Waals surface area contributed by atoms with Gasteiger partial charge in [-0.2, -0.15) is 15.2 Å². The first kappa shape index (κ1) is 12.6. The number of aromatic nitrogens is 2. The van der Waals surface area contributed by atoms with Crippen molar-refractivity contribution in [3.63, 3.8) is 0 Å². The maximum absolute atomic E-state index is 8.90. The van der Waals surface area contributed by atoms with Crippen molar-refractivity contribution >= 4 is 23.3 Å². The average molecular weight is 255 g/mol. The molecule has 0 aliphatic carbocycles. The highest BCUT2D eigenvalue weighted by Gasteiger charge is 2.05. The van der Waals surface area contributed by atoms with Gasteiger partial charge in [0.2, 0.25) is 5.95 Å². The third-order valence-electron chi connectivity index (χ3n) is 2.52. The van der Waals surface area contributed by atoms with Crippen molar-refractivity contribution in [2.45, 2.75) is 6.92 Å². The Morgan fingerprint density at radius 1 is 1.21 bits per heavy atom. The van der Waals surface area contributed by atoms with Gasteiger partial charge in [0.25, 0.3) is 0 Å². The van der Waals surface area contributed by atoms with Crippen LogP contribution in [0.5, 0.6) is 0 Å². The number of hydrazine groups is 1. The fraction of sp³-hybridized carbons (Fsp3) is 0.0833. The topological polar surface area (TPSA) is 126 Å². The fourth-order valence-electron chi connectivity index (χ4n) is 1.57. The minimum atomic E-state index is 0.104. The van der Waals surface area contributed by atoms with Crippen molar-refractivity contribution in [1.29, 1.82) is 5.26 Å². The van der Waals surface area contributed by atoms with Crippen molar-refractivity contribution in [3.8, 4) is 6.07 Å². The van der Waals surface area contributed by atoms with Crippen LogP contribution in [0.15, 0.2) is 24.3 Å². The van der Waals surface area contributed by atoms with Crippen LogP contribution in [0.1, 0.15) is 11.1 Å². The first-order chi connectivity index (χ1) is 9.12. The molecule has 7 heteroatoms. The maximum atomic E-state index is 8.90. The van der Waals surface area contributed by atoms with Gasteiger partial charge in [0, 0.05) is 11.8 Å². The molecule has 0 saturated heterocycles. The number of nitriles is 1. The number of rotatable bonds is 3. The van der Waals surface area contributed by atoms with E-state index in [-0.39, 0.29) is 5.95 Å². The van der Waals surface area contributed by atoms with Gasteiger partial charge in [-0.3, -0.25) is 0 Å². The lowest BCUT2D eigenvalue weighted by atomic mass is 10.1. The summed E-state index contributed by atoms with van der Waals surface area (Å²) < 4.78 is 0. The molecule has 0 spiro atoms. The molecule has 6 N–H and O–H groups in total. The molecule has 0 unspecified atom stereocenters. The van der Waals surface area contributed by atoms with Gasteiger partial charge in [0.15, 0.2) is 0 Å². The number of nitrogen functional groups attached to an aromatic ring is 2. The Morgan fingerprint density at radius 3 is 2.63 bits per heavy atom. The monoisotopic (exact) mass is 255 g/mol. The normalized spacial score (nSPS) is 9.74. The number of anilines is 4. The van der Waals surface area contributed by atoms with Crippen molar-refractivity contribution in [3.05, 3.63) is 35.4 Å². The van der Waals surface area contributed by atoms with Crippen LogP contribution in [0.3, 0.4) is 0 Å². The highest BCUT2D eigenvalue weighted by atomic mass is 15.3. The first-order valence-electron chi connectivity index (χ1n) is 5.51. The van der Waals surface area contributed by atoms with Crippen LogP contribution in [-0.4, -0.2) is 9.97 Å². The Kier molecular flexibility index (Phi) is 3.45. The Bertz CT molecular complexity index is 645. The van der Waals surface area contributed by atoms with Gasteiger partial charge in [0.1, 0.15) is 11.6 Å². The SMILES string of the molecule is Cc1ccc(C#N)cc1Nc1cc(NN)nc(N)n1. The van der Waals surface area contributed by atoms with E-state index in [4.69, 9.17) is 16.8 Å². The summed E-state index contributed by atoms with van der Waals surface area (Å²) in [5.74, 6) is 6.30. The summed E-state index contributed by atoms with van der Waals surface area (Å²) >= 11 is 0. The van der Waals surface area contributed by atoms with Crippen molar-refractivity contribution < 1.29 is 0 Å². The van der Waals surface area contributed by atoms with E-state index in [2.05, 4.69) is 26.8 Å². The summed E-state index contributed by atoms with van der Waals surface area (Å²) in [7, 11) is 0. The van der Waals surface area contributed by atoms with Gasteiger partial charge in [-0.15, -0.1) is 0 Å². The number of hydrogen-bond donors (Lipinski definition) is 4. The summed E-state index contributed by atoms with van der Waals surface area (Å²) in [5, 5.41) is 12.0. The molecule has 0 fully saturated rings. The Labute approximate surface area is 110 Å². The van der Waals surface area contributed by atoms with E-state index in [9.17, 15) is 0 Å². The lowest BCUT2D eigenvalue weighted by Crippen LogP contribution is -2.11. The minimum absolute atomic E-state index is 0.104. The largest absolute Gasteiger partial charge is 0.368 e. The molecular formula is C12H13N7. The molecule has 19 heavy (non-hydrogen) atoms. The van der Waals surface area contributed by atoms with Gasteiger partial charge in [-0.05, 0) is 24.6 Å². The zero-order valence-electron chi connectivity index (χ0n) is 10.3. The van der Waals surface area contributed by atoms with Gasteiger partial charge in [-0.1, -0.05) is 6.07 Å². The predicted octanol–water partition coefficient (Wildman–Crippen LogP) is 1.27. The molecule has 96 valence electrons. The number of nitrogens with zero attached hydrogens (tertiary/aromatic N) is 3. The molecule has 0 amide bonds. The third kappa shape index (κ3) is 2.88. The second-order valence-corrected chi connectivity index (χ2v) is 3.91. The van der Waals surface area contributed by atoms with Crippen LogP contribution < -0.4 is 22.3 Å². The number of nitrogens with one attached hydrogen (secondary N) is 2. The van der Waals surface area contributed by atoms with Crippen molar-refractivity contribution in [2.24, 2.45) is 5.84 Å². The van der Waals surface area contributed by atoms with Crippen LogP contribution >= 0.6 is 0 Å². The van der Waals surface area contributed by atoms with Crippen LogP contribution in [0, 0.1) is 18.3 Å². The van der Waals surface area contributed by atoms with Gasteiger partial charge >= 0.3 is 0 Å². The maximum Gasteiger partial charge on any atom is 0.223 e. The number of aryl methyl sites for hydroxylation is 1. The van der Waals surface area contributed by atoms with E-state index >= 15 is 0 Å². The van der Waals surface area contributed by atoms with E-state index < -0.39 is 0 Å². The van der Waals surface area contributed by atoms with Crippen LogP contribution in [0.2, 0.25) is 0 Å². The number of hydrogen-bond acceptors (Lipinski definition) is 7. The fourth-order valence-corrected chi connectivity index (χ4v) is 1.57. The molecule has 2 aromatic rings. The molecule has 0 radical (unpaired) electrons. The molecule has 1 heterocycles. The lowest BCUT2D eigenvalue weighted by Gasteiger charge is -2.10. The standard InChI is InChI=1S/C12H13N7/c1-7-2-3-8(6-13)4-9(7)16-10-5-11(19-15)18-12(14)17-10/h2-5H,15H2,1H3,(H4,14,16,17,18,19). The third-order valence-corrected chi connectivity index (χ3v) is 2.52. The number of nitrogens with two attached hydrogens (primary N) is 2. The Hall–Kier alpha value is -2.85. The summed E-state index contributed by atoms with van der Waals surface area (Å²) in [4.78, 5) is 7.94. The molecule has 0 atom stereocenters. The van der Waals surface area contributed by atoms with E-state index in [0.29, 0.717) is 17.2 Å². The van der Waals surface area contributed by atoms with E-state index in [1.807, 2.05) is 13.0 Å². The van der Waals surface area contributed by atoms with Crippen LogP contribution in [-0.2, 0) is 0 Å². The van der Waals surface area contributed by atoms with E-state index in [0.717, 1.165) is 11.3 Å². The zero-order valence-corrected chi connectivity index (χ0v) is 10.3. The first-order valence-corrected chi connectivity index (χ1v) is 5.51. The summed E-state index contributed by atoms with van der Waals surface area (Å²) in [5.41, 5.74) is 10.3. The molecule has 0 aliphatic heterocycles. The Morgan fingerprint density at radius 2 is 1.95 bits per heavy atom. The number of benzene rings is 1. The second kappa shape index (κ2) is 5.20. The molecule has 7 nitrogen and oxygen atoms in total. The smallest absolute Gasteiger partial charge is 0.223 e. The molecule has 0 aliphatic rings. The predicted molar refractivity (Wildman–Crippen MR) is 73.4 cm³/mol. The van der Waals surface area contributed by atoms with Crippen molar-refractivity contribution in [2.75, 3.05) is 16.5 Å². The zero-order chi connectivity index (χ0) is 13.8. The minimum Gasteiger partial charge on any atom is -0.368 e. The molecule has 0 saturated carbocycles. The van der Waals surface area contributed by atoms with Gasteiger partial charge < -0.3 is 16.5 Å². The summed E-state index contributed by atoms with van der Waals surface area (Å²) in [6.07, 6.45) is 0. The van der Waals surface area contributed by atoms with E-state index in [1.54, 1.807) is 18.2 Å². The highest BCUT2D eigenvalue weighted by Crippen LogP contribution is 2.22. The Balaban J connectivity index is 2.36.